The molecule has 120 valence electrons. The first-order valence-corrected chi connectivity index (χ1v) is 9.06. The second-order valence-corrected chi connectivity index (χ2v) is 7.73. The summed E-state index contributed by atoms with van der Waals surface area (Å²) < 4.78 is 28.8. The molecule has 1 aliphatic heterocycles. The molecule has 6 nitrogen and oxygen atoms in total. The van der Waals surface area contributed by atoms with E-state index in [1.807, 2.05) is 13.8 Å². The third-order valence-electron chi connectivity index (χ3n) is 4.43. The van der Waals surface area contributed by atoms with Crippen molar-refractivity contribution in [3.05, 3.63) is 12.3 Å². The number of rotatable bonds is 6. The number of hydrogen-bond donors (Lipinski definition) is 1. The molecule has 2 rings (SSSR count). The lowest BCUT2D eigenvalue weighted by Crippen LogP contribution is -2.47. The van der Waals surface area contributed by atoms with Gasteiger partial charge in [-0.1, -0.05) is 13.8 Å². The van der Waals surface area contributed by atoms with Crippen molar-refractivity contribution in [1.29, 1.82) is 0 Å². The normalized spacial score (nSPS) is 24.3. The molecule has 1 atom stereocenters. The molecule has 0 saturated carbocycles. The number of aliphatic hydroxyl groups excluding tert-OH is 1. The minimum Gasteiger partial charge on any atom is -0.396 e. The number of aliphatic hydroxyl groups is 1. The Labute approximate surface area is 126 Å². The van der Waals surface area contributed by atoms with Crippen LogP contribution in [0.2, 0.25) is 0 Å². The number of sulfonamides is 1. The Morgan fingerprint density at radius 2 is 2.19 bits per heavy atom. The summed E-state index contributed by atoms with van der Waals surface area (Å²) in [6.07, 6.45) is 4.81. The van der Waals surface area contributed by atoms with E-state index in [9.17, 15) is 13.5 Å². The topological polar surface area (TPSA) is 75.4 Å². The van der Waals surface area contributed by atoms with Crippen LogP contribution < -0.4 is 0 Å². The maximum Gasteiger partial charge on any atom is 0.260 e. The highest BCUT2D eigenvalue weighted by Gasteiger charge is 2.39. The quantitative estimate of drug-likeness (QED) is 0.862. The van der Waals surface area contributed by atoms with E-state index in [-0.39, 0.29) is 17.0 Å². The van der Waals surface area contributed by atoms with Crippen molar-refractivity contribution in [2.24, 2.45) is 5.41 Å². The summed E-state index contributed by atoms with van der Waals surface area (Å²) in [4.78, 5) is 0. The Hall–Kier alpha value is -0.920. The smallest absolute Gasteiger partial charge is 0.260 e. The molecule has 1 N–H and O–H groups in total. The highest BCUT2D eigenvalue weighted by molar-refractivity contribution is 7.89. The van der Waals surface area contributed by atoms with Crippen molar-refractivity contribution in [2.45, 2.75) is 51.1 Å². The fourth-order valence-electron chi connectivity index (χ4n) is 2.95. The van der Waals surface area contributed by atoms with Gasteiger partial charge in [0.15, 0.2) is 5.03 Å². The molecule has 1 fully saturated rings. The SMILES string of the molecule is CCCn1nccc1S(=O)(=O)N1CCCC(CC)(CO)C1. The van der Waals surface area contributed by atoms with E-state index in [0.717, 1.165) is 25.7 Å². The number of aryl methyl sites for hydroxylation is 1. The minimum absolute atomic E-state index is 0.0315. The molecule has 1 aromatic heterocycles. The average Bonchev–Trinajstić information content (AvgIpc) is 2.96. The van der Waals surface area contributed by atoms with Gasteiger partial charge in [-0.25, -0.2) is 8.42 Å². The number of nitrogens with zero attached hydrogens (tertiary/aromatic N) is 3. The van der Waals surface area contributed by atoms with Gasteiger partial charge in [0.2, 0.25) is 0 Å². The van der Waals surface area contributed by atoms with Crippen molar-refractivity contribution < 1.29 is 13.5 Å². The van der Waals surface area contributed by atoms with Crippen molar-refractivity contribution in [3.8, 4) is 0 Å². The van der Waals surface area contributed by atoms with Crippen molar-refractivity contribution in [3.63, 3.8) is 0 Å². The van der Waals surface area contributed by atoms with Crippen molar-refractivity contribution in [2.75, 3.05) is 19.7 Å². The minimum atomic E-state index is -3.54. The van der Waals surface area contributed by atoms with Crippen LogP contribution in [-0.2, 0) is 16.6 Å². The summed E-state index contributed by atoms with van der Waals surface area (Å²) in [6, 6.07) is 1.56. The molecular weight excluding hydrogens is 290 g/mol. The highest BCUT2D eigenvalue weighted by Crippen LogP contribution is 2.35. The van der Waals surface area contributed by atoms with Crippen LogP contribution in [0, 0.1) is 5.41 Å². The molecule has 0 aliphatic carbocycles. The van der Waals surface area contributed by atoms with Gasteiger partial charge in [-0.15, -0.1) is 0 Å². The van der Waals surface area contributed by atoms with Crippen LogP contribution in [0.15, 0.2) is 17.3 Å². The fraction of sp³-hybridized carbons (Fsp3) is 0.786. The Morgan fingerprint density at radius 3 is 2.81 bits per heavy atom. The van der Waals surface area contributed by atoms with E-state index in [1.165, 1.54) is 10.5 Å². The predicted octanol–water partition coefficient (Wildman–Crippen LogP) is 1.47. The van der Waals surface area contributed by atoms with Gasteiger partial charge in [0.05, 0.1) is 6.20 Å². The van der Waals surface area contributed by atoms with E-state index in [4.69, 9.17) is 0 Å². The Kier molecular flexibility index (Phi) is 5.06. The van der Waals surface area contributed by atoms with Gasteiger partial charge >= 0.3 is 0 Å². The molecule has 0 amide bonds. The lowest BCUT2D eigenvalue weighted by molar-refractivity contribution is 0.0607. The lowest BCUT2D eigenvalue weighted by atomic mass is 9.79. The summed E-state index contributed by atoms with van der Waals surface area (Å²) in [7, 11) is -3.54. The first kappa shape index (κ1) is 16.5. The molecule has 0 bridgehead atoms. The third kappa shape index (κ3) is 3.14. The zero-order valence-corrected chi connectivity index (χ0v) is 13.6. The van der Waals surface area contributed by atoms with Crippen LogP contribution in [0.1, 0.15) is 39.5 Å². The third-order valence-corrected chi connectivity index (χ3v) is 6.30. The molecule has 1 aliphatic rings. The molecule has 0 spiro atoms. The molecule has 0 radical (unpaired) electrons. The Morgan fingerprint density at radius 1 is 1.43 bits per heavy atom. The fourth-order valence-corrected chi connectivity index (χ4v) is 4.66. The summed E-state index contributed by atoms with van der Waals surface area (Å²) in [5, 5.41) is 14.0. The van der Waals surface area contributed by atoms with Gasteiger partial charge in [-0.2, -0.15) is 9.40 Å². The summed E-state index contributed by atoms with van der Waals surface area (Å²) in [5.74, 6) is 0. The molecule has 0 aromatic carbocycles. The van der Waals surface area contributed by atoms with Crippen LogP contribution in [0.4, 0.5) is 0 Å². The highest BCUT2D eigenvalue weighted by atomic mass is 32.2. The monoisotopic (exact) mass is 315 g/mol. The van der Waals surface area contributed by atoms with E-state index in [0.29, 0.717) is 19.6 Å². The van der Waals surface area contributed by atoms with Crippen LogP contribution >= 0.6 is 0 Å². The summed E-state index contributed by atoms with van der Waals surface area (Å²) in [6.45, 7) is 5.53. The van der Waals surface area contributed by atoms with Gasteiger partial charge in [-0.3, -0.25) is 4.68 Å². The molecule has 2 heterocycles. The Balaban J connectivity index is 2.28. The van der Waals surface area contributed by atoms with E-state index in [2.05, 4.69) is 5.10 Å². The average molecular weight is 315 g/mol. The summed E-state index contributed by atoms with van der Waals surface area (Å²) in [5.41, 5.74) is -0.305. The zero-order chi connectivity index (χ0) is 15.5. The van der Waals surface area contributed by atoms with E-state index < -0.39 is 10.0 Å². The molecule has 1 aromatic rings. The van der Waals surface area contributed by atoms with Crippen LogP contribution in [0.5, 0.6) is 0 Å². The van der Waals surface area contributed by atoms with Crippen LogP contribution in [0.3, 0.4) is 0 Å². The maximum absolute atomic E-state index is 12.8. The van der Waals surface area contributed by atoms with Crippen LogP contribution in [0.25, 0.3) is 0 Å². The largest absolute Gasteiger partial charge is 0.396 e. The van der Waals surface area contributed by atoms with Crippen molar-refractivity contribution >= 4 is 10.0 Å². The number of piperidine rings is 1. The van der Waals surface area contributed by atoms with Crippen LogP contribution in [-0.4, -0.2) is 47.3 Å². The van der Waals surface area contributed by atoms with Crippen molar-refractivity contribution in [1.82, 2.24) is 14.1 Å². The molecular formula is C14H25N3O3S. The first-order valence-electron chi connectivity index (χ1n) is 7.62. The van der Waals surface area contributed by atoms with Gasteiger partial charge < -0.3 is 5.11 Å². The maximum atomic E-state index is 12.8. The van der Waals surface area contributed by atoms with Gasteiger partial charge in [-0.05, 0) is 31.7 Å². The predicted molar refractivity (Wildman–Crippen MR) is 80.3 cm³/mol. The molecule has 21 heavy (non-hydrogen) atoms. The lowest BCUT2D eigenvalue weighted by Gasteiger charge is -2.40. The van der Waals surface area contributed by atoms with E-state index >= 15 is 0 Å². The van der Waals surface area contributed by atoms with Gasteiger partial charge in [0.25, 0.3) is 10.0 Å². The first-order chi connectivity index (χ1) is 9.99. The second kappa shape index (κ2) is 6.46. The Bertz CT molecular complexity index is 564. The molecule has 7 heteroatoms. The second-order valence-electron chi connectivity index (χ2n) is 5.85. The molecule has 1 saturated heterocycles. The molecule has 1 unspecified atom stereocenters. The zero-order valence-electron chi connectivity index (χ0n) is 12.8. The summed E-state index contributed by atoms with van der Waals surface area (Å²) >= 11 is 0. The van der Waals surface area contributed by atoms with Gasteiger partial charge in [0, 0.05) is 31.7 Å². The van der Waals surface area contributed by atoms with Gasteiger partial charge in [0.1, 0.15) is 0 Å². The number of aromatic nitrogens is 2. The standard InChI is InChI=1S/C14H25N3O3S/c1-3-9-17-13(6-8-15-17)21(19,20)16-10-5-7-14(4-2,11-16)12-18/h6,8,18H,3-5,7,9-12H2,1-2H3. The van der Waals surface area contributed by atoms with E-state index in [1.54, 1.807) is 10.7 Å². The number of hydrogen-bond acceptors (Lipinski definition) is 4.